The molecule has 2 aromatic carbocycles. The van der Waals surface area contributed by atoms with Gasteiger partial charge in [-0.2, -0.15) is 4.68 Å². The van der Waals surface area contributed by atoms with Gasteiger partial charge in [0, 0.05) is 34.9 Å². The number of nitrogens with one attached hydrogen (secondary N) is 3. The minimum absolute atomic E-state index is 0.109. The lowest BCUT2D eigenvalue weighted by Crippen LogP contribution is -2.41. The average Bonchev–Trinajstić information content (AvgIpc) is 3.42. The van der Waals surface area contributed by atoms with Gasteiger partial charge in [-0.15, -0.1) is 5.10 Å². The molecule has 4 N–H and O–H groups in total. The van der Waals surface area contributed by atoms with Crippen LogP contribution in [0.5, 0.6) is 0 Å². The normalized spacial score (nSPS) is 15.0. The van der Waals surface area contributed by atoms with E-state index in [1.165, 1.54) is 17.1 Å². The van der Waals surface area contributed by atoms with Crippen LogP contribution in [-0.2, 0) is 4.79 Å². The van der Waals surface area contributed by atoms with E-state index in [9.17, 15) is 9.59 Å². The number of aromatic carboxylic acids is 1. The minimum Gasteiger partial charge on any atom is -0.478 e. The summed E-state index contributed by atoms with van der Waals surface area (Å²) in [5.74, 6) is -0.678. The minimum atomic E-state index is -0.965. The summed E-state index contributed by atoms with van der Waals surface area (Å²) in [6.45, 7) is 2.47. The molecule has 1 atom stereocenters. The van der Waals surface area contributed by atoms with Crippen LogP contribution < -0.4 is 16.0 Å². The summed E-state index contributed by atoms with van der Waals surface area (Å²) in [5, 5.41) is 30.7. The number of nitrogens with zero attached hydrogens (tertiary/aromatic N) is 4. The van der Waals surface area contributed by atoms with Crippen molar-refractivity contribution in [1.29, 1.82) is 0 Å². The topological polar surface area (TPSA) is 134 Å². The van der Waals surface area contributed by atoms with E-state index in [2.05, 4.69) is 31.5 Å². The van der Waals surface area contributed by atoms with Crippen LogP contribution in [0.1, 0.15) is 35.2 Å². The molecule has 10 nitrogen and oxygen atoms in total. The van der Waals surface area contributed by atoms with Crippen molar-refractivity contribution in [3.05, 3.63) is 71.0 Å². The van der Waals surface area contributed by atoms with Gasteiger partial charge in [-0.25, -0.2) is 4.79 Å². The Balaban J connectivity index is 1.43. The number of halogens is 1. The summed E-state index contributed by atoms with van der Waals surface area (Å²) in [7, 11) is 0. The second kappa shape index (κ2) is 12.3. The molecule has 1 aliphatic heterocycles. The first-order valence-corrected chi connectivity index (χ1v) is 12.1. The molecule has 1 fully saturated rings. The fraction of sp³-hybridized carbons (Fsp3) is 0.320. The molecule has 188 valence electrons. The maximum absolute atomic E-state index is 12.9. The Kier molecular flexibility index (Phi) is 8.64. The molecule has 1 saturated heterocycles. The lowest BCUT2D eigenvalue weighted by Gasteiger charge is -2.28. The molecular formula is C25H28ClN7O3. The predicted molar refractivity (Wildman–Crippen MR) is 137 cm³/mol. The van der Waals surface area contributed by atoms with Crippen LogP contribution >= 0.6 is 11.6 Å². The van der Waals surface area contributed by atoms with Gasteiger partial charge < -0.3 is 21.1 Å². The highest BCUT2D eigenvalue weighted by Gasteiger charge is 2.20. The molecule has 0 radical (unpaired) electrons. The van der Waals surface area contributed by atoms with E-state index in [1.54, 1.807) is 48.5 Å². The van der Waals surface area contributed by atoms with Crippen LogP contribution in [-0.4, -0.2) is 62.9 Å². The highest BCUT2D eigenvalue weighted by atomic mass is 35.5. The Labute approximate surface area is 213 Å². The van der Waals surface area contributed by atoms with Crippen LogP contribution in [0.4, 0.5) is 5.69 Å². The Morgan fingerprint density at radius 1 is 1.19 bits per heavy atom. The van der Waals surface area contributed by atoms with Gasteiger partial charge in [0.2, 0.25) is 5.91 Å². The van der Waals surface area contributed by atoms with Crippen molar-refractivity contribution in [3.63, 3.8) is 0 Å². The molecule has 0 unspecified atom stereocenters. The number of carboxylic acids is 1. The first-order valence-electron chi connectivity index (χ1n) is 11.8. The number of piperidine rings is 1. The average molecular weight is 510 g/mol. The molecule has 36 heavy (non-hydrogen) atoms. The smallest absolute Gasteiger partial charge is 0.335 e. The van der Waals surface area contributed by atoms with Crippen molar-refractivity contribution >= 4 is 35.2 Å². The molecule has 1 aromatic heterocycles. The fourth-order valence-corrected chi connectivity index (χ4v) is 4.42. The van der Waals surface area contributed by atoms with E-state index in [-0.39, 0.29) is 17.5 Å². The zero-order valence-corrected chi connectivity index (χ0v) is 20.4. The number of hydrogen-bond donors (Lipinski definition) is 4. The molecule has 1 aliphatic rings. The zero-order valence-electron chi connectivity index (χ0n) is 19.6. The summed E-state index contributed by atoms with van der Waals surface area (Å²) in [6, 6.07) is 11.7. The SMILES string of the molecule is O=C(/C=C/c1cc(Cl)ccc1-n1cnnn1)N[C@H](CNc1ccc(C(=O)O)cc1)CC1CCNCC1. The first kappa shape index (κ1) is 25.3. The molecule has 0 spiro atoms. The predicted octanol–water partition coefficient (Wildman–Crippen LogP) is 3.01. The number of carbonyl (C=O) groups excluding carboxylic acids is 1. The van der Waals surface area contributed by atoms with Crippen molar-refractivity contribution in [2.75, 3.05) is 25.0 Å². The van der Waals surface area contributed by atoms with E-state index in [4.69, 9.17) is 16.7 Å². The van der Waals surface area contributed by atoms with Gasteiger partial charge in [0.15, 0.2) is 0 Å². The quantitative estimate of drug-likeness (QED) is 0.306. The van der Waals surface area contributed by atoms with E-state index >= 15 is 0 Å². The molecule has 4 rings (SSSR count). The van der Waals surface area contributed by atoms with Crippen LogP contribution in [0.25, 0.3) is 11.8 Å². The molecule has 0 saturated carbocycles. The zero-order chi connectivity index (χ0) is 25.3. The summed E-state index contributed by atoms with van der Waals surface area (Å²) >= 11 is 6.17. The van der Waals surface area contributed by atoms with Crippen LogP contribution in [0.15, 0.2) is 54.9 Å². The summed E-state index contributed by atoms with van der Waals surface area (Å²) in [6.07, 6.45) is 7.62. The third-order valence-corrected chi connectivity index (χ3v) is 6.34. The van der Waals surface area contributed by atoms with Crippen molar-refractivity contribution in [1.82, 2.24) is 30.8 Å². The number of carboxylic acid groups (broad SMARTS) is 1. The summed E-state index contributed by atoms with van der Waals surface area (Å²) in [4.78, 5) is 24.0. The third-order valence-electron chi connectivity index (χ3n) is 6.11. The van der Waals surface area contributed by atoms with E-state index < -0.39 is 5.97 Å². The second-order valence-electron chi connectivity index (χ2n) is 8.69. The van der Waals surface area contributed by atoms with Gasteiger partial charge in [0.05, 0.1) is 11.3 Å². The Morgan fingerprint density at radius 3 is 2.67 bits per heavy atom. The van der Waals surface area contributed by atoms with Crippen molar-refractivity contribution in [2.45, 2.75) is 25.3 Å². The summed E-state index contributed by atoms with van der Waals surface area (Å²) < 4.78 is 1.51. The Morgan fingerprint density at radius 2 is 1.97 bits per heavy atom. The third kappa shape index (κ3) is 7.12. The van der Waals surface area contributed by atoms with E-state index in [0.29, 0.717) is 28.7 Å². The Bertz CT molecular complexity index is 1190. The molecule has 3 aromatic rings. The largest absolute Gasteiger partial charge is 0.478 e. The molecular weight excluding hydrogens is 482 g/mol. The first-order chi connectivity index (χ1) is 17.5. The maximum atomic E-state index is 12.9. The standard InChI is InChI=1S/C25H28ClN7O3/c26-20-4-7-23(33-16-29-31-32-33)19(14-20)3-8-24(34)30-22(13-17-9-11-27-12-10-17)15-28-21-5-1-18(2-6-21)25(35)36/h1-8,14,16-17,22,27-28H,9-13,15H2,(H,30,34)(H,35,36)/b8-3+/t22-/m0/s1. The van der Waals surface area contributed by atoms with Gasteiger partial charge in [-0.3, -0.25) is 4.79 Å². The van der Waals surface area contributed by atoms with Gasteiger partial charge in [0.25, 0.3) is 0 Å². The van der Waals surface area contributed by atoms with E-state index in [0.717, 1.165) is 38.0 Å². The molecule has 0 bridgehead atoms. The second-order valence-corrected chi connectivity index (χ2v) is 9.13. The monoisotopic (exact) mass is 509 g/mol. The summed E-state index contributed by atoms with van der Waals surface area (Å²) in [5.41, 5.74) is 2.43. The van der Waals surface area contributed by atoms with Crippen LogP contribution in [0, 0.1) is 5.92 Å². The number of benzene rings is 2. The molecule has 0 aliphatic carbocycles. The van der Waals surface area contributed by atoms with Crippen LogP contribution in [0.2, 0.25) is 5.02 Å². The maximum Gasteiger partial charge on any atom is 0.335 e. The number of rotatable bonds is 10. The van der Waals surface area contributed by atoms with Crippen molar-refractivity contribution in [2.24, 2.45) is 5.92 Å². The number of anilines is 1. The highest BCUT2D eigenvalue weighted by Crippen LogP contribution is 2.21. The highest BCUT2D eigenvalue weighted by molar-refractivity contribution is 6.30. The number of aromatic nitrogens is 4. The van der Waals surface area contributed by atoms with E-state index in [1.807, 2.05) is 0 Å². The molecule has 2 heterocycles. The van der Waals surface area contributed by atoms with Crippen molar-refractivity contribution in [3.8, 4) is 5.69 Å². The Hall–Kier alpha value is -3.76. The van der Waals surface area contributed by atoms with Gasteiger partial charge >= 0.3 is 5.97 Å². The lowest BCUT2D eigenvalue weighted by molar-refractivity contribution is -0.117. The van der Waals surface area contributed by atoms with Crippen molar-refractivity contribution < 1.29 is 14.7 Å². The number of tetrazole rings is 1. The molecule has 11 heteroatoms. The van der Waals surface area contributed by atoms with Gasteiger partial charge in [-0.1, -0.05) is 11.6 Å². The number of amides is 1. The fourth-order valence-electron chi connectivity index (χ4n) is 4.24. The molecule has 1 amide bonds. The lowest BCUT2D eigenvalue weighted by atomic mass is 9.91. The van der Waals surface area contributed by atoms with Gasteiger partial charge in [-0.05, 0) is 97.2 Å². The van der Waals surface area contributed by atoms with Gasteiger partial charge in [0.1, 0.15) is 6.33 Å². The number of hydrogen-bond acceptors (Lipinski definition) is 7. The number of carbonyl (C=O) groups is 2. The van der Waals surface area contributed by atoms with Crippen LogP contribution in [0.3, 0.4) is 0 Å².